The molecule has 0 aromatic carbocycles. The third kappa shape index (κ3) is 3.91. The lowest BCUT2D eigenvalue weighted by atomic mass is 9.84. The van der Waals surface area contributed by atoms with Crippen molar-refractivity contribution in [1.82, 2.24) is 0 Å². The summed E-state index contributed by atoms with van der Waals surface area (Å²) >= 11 is 0. The van der Waals surface area contributed by atoms with Gasteiger partial charge in [-0.3, -0.25) is 10.1 Å². The maximum atomic E-state index is 12.1. The number of esters is 1. The normalized spacial score (nSPS) is 23.8. The average molecular weight is 269 g/mol. The Labute approximate surface area is 113 Å². The minimum Gasteiger partial charge on any atom is -0.457 e. The van der Waals surface area contributed by atoms with Gasteiger partial charge in [0.2, 0.25) is 0 Å². The van der Waals surface area contributed by atoms with Crippen LogP contribution < -0.4 is 0 Å². The van der Waals surface area contributed by atoms with Crippen LogP contribution in [0.4, 0.5) is 0 Å². The second-order valence-corrected chi connectivity index (χ2v) is 5.83. The summed E-state index contributed by atoms with van der Waals surface area (Å²) in [7, 11) is 0. The first-order valence-electron chi connectivity index (χ1n) is 7.52. The fraction of sp³-hybridized carbons (Fsp3) is 0.929. The summed E-state index contributed by atoms with van der Waals surface area (Å²) in [6.07, 6.45) is 9.60. The third-order valence-corrected chi connectivity index (χ3v) is 4.40. The van der Waals surface area contributed by atoms with E-state index < -0.39 is 16.9 Å². The van der Waals surface area contributed by atoms with Gasteiger partial charge in [-0.2, -0.15) is 0 Å². The lowest BCUT2D eigenvalue weighted by Gasteiger charge is -2.26. The van der Waals surface area contributed by atoms with Crippen molar-refractivity contribution in [2.75, 3.05) is 0 Å². The fourth-order valence-electron chi connectivity index (χ4n) is 3.32. The Balaban J connectivity index is 1.93. The van der Waals surface area contributed by atoms with Gasteiger partial charge in [-0.25, -0.2) is 4.79 Å². The highest BCUT2D eigenvalue weighted by Crippen LogP contribution is 2.29. The number of ether oxygens (including phenoxy) is 1. The zero-order valence-corrected chi connectivity index (χ0v) is 11.4. The van der Waals surface area contributed by atoms with E-state index >= 15 is 0 Å². The Bertz CT molecular complexity index is 319. The van der Waals surface area contributed by atoms with E-state index in [4.69, 9.17) is 4.74 Å². The standard InChI is InChI=1S/C14H23NO4/c16-14(19-12-9-5-2-6-10-12)13(15(17)18)11-7-3-1-4-8-11/h11-13H,1-10H2. The highest BCUT2D eigenvalue weighted by atomic mass is 16.6. The Morgan fingerprint density at radius 3 is 2.05 bits per heavy atom. The zero-order chi connectivity index (χ0) is 13.7. The molecule has 108 valence electrons. The quantitative estimate of drug-likeness (QED) is 0.447. The molecule has 0 radical (unpaired) electrons. The van der Waals surface area contributed by atoms with Gasteiger partial charge < -0.3 is 4.74 Å². The molecule has 2 fully saturated rings. The van der Waals surface area contributed by atoms with Gasteiger partial charge >= 0.3 is 12.0 Å². The maximum Gasteiger partial charge on any atom is 0.382 e. The highest BCUT2D eigenvalue weighted by molar-refractivity contribution is 5.75. The smallest absolute Gasteiger partial charge is 0.382 e. The predicted molar refractivity (Wildman–Crippen MR) is 70.3 cm³/mol. The molecule has 5 nitrogen and oxygen atoms in total. The Morgan fingerprint density at radius 1 is 1.00 bits per heavy atom. The van der Waals surface area contributed by atoms with Crippen molar-refractivity contribution in [3.8, 4) is 0 Å². The van der Waals surface area contributed by atoms with E-state index in [1.807, 2.05) is 0 Å². The Hall–Kier alpha value is -1.13. The largest absolute Gasteiger partial charge is 0.457 e. The summed E-state index contributed by atoms with van der Waals surface area (Å²) in [5, 5.41) is 11.2. The summed E-state index contributed by atoms with van der Waals surface area (Å²) in [4.78, 5) is 22.8. The molecule has 2 saturated carbocycles. The first-order valence-corrected chi connectivity index (χ1v) is 7.52. The summed E-state index contributed by atoms with van der Waals surface area (Å²) in [6.45, 7) is 0. The van der Waals surface area contributed by atoms with Crippen LogP contribution in [0.3, 0.4) is 0 Å². The summed E-state index contributed by atoms with van der Waals surface area (Å²) in [6, 6.07) is -1.14. The van der Waals surface area contributed by atoms with Crippen molar-refractivity contribution >= 4 is 5.97 Å². The van der Waals surface area contributed by atoms with Gasteiger partial charge in [-0.05, 0) is 38.5 Å². The molecule has 0 amide bonds. The van der Waals surface area contributed by atoms with Crippen molar-refractivity contribution in [1.29, 1.82) is 0 Å². The van der Waals surface area contributed by atoms with Crippen LogP contribution in [0.15, 0.2) is 0 Å². The Kier molecular flexibility index (Phi) is 5.16. The molecule has 1 unspecified atom stereocenters. The molecule has 2 rings (SSSR count). The second kappa shape index (κ2) is 6.87. The van der Waals surface area contributed by atoms with Crippen LogP contribution in [0.1, 0.15) is 64.2 Å². The van der Waals surface area contributed by atoms with Gasteiger partial charge in [0.1, 0.15) is 6.10 Å². The molecule has 0 saturated heterocycles. The summed E-state index contributed by atoms with van der Waals surface area (Å²) in [5.41, 5.74) is 0. The molecule has 0 spiro atoms. The molecule has 19 heavy (non-hydrogen) atoms. The monoisotopic (exact) mass is 269 g/mol. The van der Waals surface area contributed by atoms with Crippen LogP contribution in [-0.2, 0) is 9.53 Å². The molecule has 0 N–H and O–H groups in total. The molecule has 2 aliphatic carbocycles. The number of nitro groups is 1. The number of hydrogen-bond acceptors (Lipinski definition) is 4. The number of nitrogens with zero attached hydrogens (tertiary/aromatic N) is 1. The minimum absolute atomic E-state index is 0.0905. The van der Waals surface area contributed by atoms with Crippen LogP contribution in [0.5, 0.6) is 0 Å². The van der Waals surface area contributed by atoms with E-state index in [-0.39, 0.29) is 12.0 Å². The topological polar surface area (TPSA) is 69.4 Å². The van der Waals surface area contributed by atoms with Crippen molar-refractivity contribution in [3.63, 3.8) is 0 Å². The van der Waals surface area contributed by atoms with E-state index in [0.29, 0.717) is 0 Å². The molecular weight excluding hydrogens is 246 g/mol. The van der Waals surface area contributed by atoms with Gasteiger partial charge in [0, 0.05) is 10.8 Å². The van der Waals surface area contributed by atoms with Crippen LogP contribution in [0.2, 0.25) is 0 Å². The number of hydrogen-bond donors (Lipinski definition) is 0. The van der Waals surface area contributed by atoms with Crippen molar-refractivity contribution in [2.24, 2.45) is 5.92 Å². The molecular formula is C14H23NO4. The molecule has 0 aliphatic heterocycles. The molecule has 1 atom stereocenters. The van der Waals surface area contributed by atoms with Crippen LogP contribution >= 0.6 is 0 Å². The van der Waals surface area contributed by atoms with Crippen molar-refractivity contribution in [2.45, 2.75) is 76.4 Å². The van der Waals surface area contributed by atoms with Crippen molar-refractivity contribution < 1.29 is 14.5 Å². The van der Waals surface area contributed by atoms with Gasteiger partial charge in [-0.1, -0.05) is 25.7 Å². The molecule has 0 aromatic rings. The first kappa shape index (κ1) is 14.3. The zero-order valence-electron chi connectivity index (χ0n) is 11.4. The SMILES string of the molecule is O=C(OC1CCCCC1)C(C1CCCCC1)[N+](=O)[O-]. The van der Waals surface area contributed by atoms with Crippen LogP contribution in [-0.4, -0.2) is 23.0 Å². The van der Waals surface area contributed by atoms with Gasteiger partial charge in [-0.15, -0.1) is 0 Å². The minimum atomic E-state index is -1.14. The molecule has 0 heterocycles. The molecule has 2 aliphatic rings. The molecule has 0 aromatic heterocycles. The van der Waals surface area contributed by atoms with Crippen molar-refractivity contribution in [3.05, 3.63) is 10.1 Å². The van der Waals surface area contributed by atoms with E-state index in [0.717, 1.165) is 57.8 Å². The van der Waals surface area contributed by atoms with E-state index in [1.165, 1.54) is 6.42 Å². The third-order valence-electron chi connectivity index (χ3n) is 4.40. The number of rotatable bonds is 4. The lowest BCUT2D eigenvalue weighted by Crippen LogP contribution is -2.41. The van der Waals surface area contributed by atoms with E-state index in [1.54, 1.807) is 0 Å². The van der Waals surface area contributed by atoms with Gasteiger partial charge in [0.05, 0.1) is 0 Å². The number of carbonyl (C=O) groups is 1. The summed E-state index contributed by atoms with van der Waals surface area (Å²) < 4.78 is 5.39. The first-order chi connectivity index (χ1) is 9.18. The molecule has 0 bridgehead atoms. The fourth-order valence-corrected chi connectivity index (χ4v) is 3.32. The van der Waals surface area contributed by atoms with E-state index in [2.05, 4.69) is 0 Å². The average Bonchev–Trinajstić information content (AvgIpc) is 2.40. The van der Waals surface area contributed by atoms with Crippen LogP contribution in [0.25, 0.3) is 0 Å². The number of carbonyl (C=O) groups excluding carboxylic acids is 1. The lowest BCUT2D eigenvalue weighted by molar-refractivity contribution is -0.521. The van der Waals surface area contributed by atoms with E-state index in [9.17, 15) is 14.9 Å². The maximum absolute atomic E-state index is 12.1. The Morgan fingerprint density at radius 2 is 1.53 bits per heavy atom. The van der Waals surface area contributed by atoms with Crippen LogP contribution in [0, 0.1) is 16.0 Å². The predicted octanol–water partition coefficient (Wildman–Crippen LogP) is 3.09. The summed E-state index contributed by atoms with van der Waals surface area (Å²) in [5.74, 6) is -0.719. The highest BCUT2D eigenvalue weighted by Gasteiger charge is 2.41. The second-order valence-electron chi connectivity index (χ2n) is 5.83. The van der Waals surface area contributed by atoms with Gasteiger partial charge in [0.25, 0.3) is 0 Å². The van der Waals surface area contributed by atoms with Gasteiger partial charge in [0.15, 0.2) is 0 Å². The molecule has 5 heteroatoms.